The van der Waals surface area contributed by atoms with Crippen LogP contribution < -0.4 is 5.32 Å². The normalized spacial score (nSPS) is 12.3. The van der Waals surface area contributed by atoms with Gasteiger partial charge < -0.3 is 9.73 Å². The van der Waals surface area contributed by atoms with Crippen LogP contribution in [-0.2, 0) is 16.6 Å². The molecular formula is C14H23BrN2O3S. The van der Waals surface area contributed by atoms with Crippen LogP contribution in [0, 0.1) is 0 Å². The second-order valence-electron chi connectivity index (χ2n) is 5.27. The SMILES string of the molecule is C=C(C)CN(CC)S(=O)(=O)c1cc(CNC(C)C)oc1Br. The lowest BCUT2D eigenvalue weighted by Crippen LogP contribution is -2.32. The summed E-state index contributed by atoms with van der Waals surface area (Å²) in [6.45, 7) is 12.6. The molecule has 0 saturated carbocycles. The molecule has 1 aromatic heterocycles. The summed E-state index contributed by atoms with van der Waals surface area (Å²) in [5.41, 5.74) is 0.793. The zero-order valence-electron chi connectivity index (χ0n) is 12.9. The molecule has 0 aliphatic carbocycles. The number of hydrogen-bond acceptors (Lipinski definition) is 4. The summed E-state index contributed by atoms with van der Waals surface area (Å²) in [6.07, 6.45) is 0. The number of nitrogens with one attached hydrogen (secondary N) is 1. The Morgan fingerprint density at radius 1 is 1.52 bits per heavy atom. The second kappa shape index (κ2) is 7.58. The number of rotatable bonds is 8. The van der Waals surface area contributed by atoms with Crippen LogP contribution in [0.1, 0.15) is 33.5 Å². The van der Waals surface area contributed by atoms with Crippen LogP contribution in [0.15, 0.2) is 32.2 Å². The molecule has 7 heteroatoms. The molecule has 0 amide bonds. The molecule has 1 N–H and O–H groups in total. The average molecular weight is 379 g/mol. The Hall–Kier alpha value is -0.630. The van der Waals surface area contributed by atoms with E-state index in [0.717, 1.165) is 5.57 Å². The van der Waals surface area contributed by atoms with Gasteiger partial charge in [0.15, 0.2) is 4.67 Å². The molecule has 120 valence electrons. The van der Waals surface area contributed by atoms with Crippen LogP contribution in [0.2, 0.25) is 0 Å². The standard InChI is InChI=1S/C14H23BrN2O3S/c1-6-17(9-10(2)3)21(18,19)13-7-12(20-14(13)15)8-16-11(4)5/h7,11,16H,2,6,8-9H2,1,3-5H3. The van der Waals surface area contributed by atoms with E-state index in [1.54, 1.807) is 19.9 Å². The van der Waals surface area contributed by atoms with Crippen LogP contribution in [0.3, 0.4) is 0 Å². The van der Waals surface area contributed by atoms with Crippen LogP contribution in [0.5, 0.6) is 0 Å². The summed E-state index contributed by atoms with van der Waals surface area (Å²) in [5, 5.41) is 3.19. The van der Waals surface area contributed by atoms with Gasteiger partial charge in [-0.3, -0.25) is 0 Å². The van der Waals surface area contributed by atoms with E-state index >= 15 is 0 Å². The van der Waals surface area contributed by atoms with E-state index < -0.39 is 10.0 Å². The quantitative estimate of drug-likeness (QED) is 0.705. The van der Waals surface area contributed by atoms with Crippen molar-refractivity contribution in [3.8, 4) is 0 Å². The van der Waals surface area contributed by atoms with E-state index in [0.29, 0.717) is 31.4 Å². The molecule has 0 spiro atoms. The molecule has 0 radical (unpaired) electrons. The maximum atomic E-state index is 12.6. The Kier molecular flexibility index (Phi) is 6.65. The van der Waals surface area contributed by atoms with Gasteiger partial charge in [-0.25, -0.2) is 8.42 Å². The highest BCUT2D eigenvalue weighted by Gasteiger charge is 2.28. The Bertz CT molecular complexity index is 593. The predicted molar refractivity (Wildman–Crippen MR) is 87.6 cm³/mol. The van der Waals surface area contributed by atoms with E-state index in [1.165, 1.54) is 4.31 Å². The molecule has 0 bridgehead atoms. The number of nitrogens with zero attached hydrogens (tertiary/aromatic N) is 1. The highest BCUT2D eigenvalue weighted by molar-refractivity contribution is 9.10. The van der Waals surface area contributed by atoms with Gasteiger partial charge in [-0.1, -0.05) is 32.9 Å². The van der Waals surface area contributed by atoms with E-state index in [9.17, 15) is 8.42 Å². The topological polar surface area (TPSA) is 62.6 Å². The summed E-state index contributed by atoms with van der Waals surface area (Å²) in [5.74, 6) is 0.584. The van der Waals surface area contributed by atoms with Crippen molar-refractivity contribution in [2.45, 2.75) is 45.2 Å². The molecule has 0 atom stereocenters. The molecule has 0 aromatic carbocycles. The molecule has 0 aliphatic rings. The van der Waals surface area contributed by atoms with Crippen LogP contribution >= 0.6 is 15.9 Å². The van der Waals surface area contributed by atoms with Gasteiger partial charge in [0, 0.05) is 25.2 Å². The van der Waals surface area contributed by atoms with Crippen molar-refractivity contribution >= 4 is 26.0 Å². The first kappa shape index (κ1) is 18.4. The predicted octanol–water partition coefficient (Wildman–Crippen LogP) is 3.13. The van der Waals surface area contributed by atoms with Crippen molar-refractivity contribution in [2.75, 3.05) is 13.1 Å². The second-order valence-corrected chi connectivity index (χ2v) is 7.90. The van der Waals surface area contributed by atoms with Crippen molar-refractivity contribution in [1.29, 1.82) is 0 Å². The minimum Gasteiger partial charge on any atom is -0.452 e. The zero-order valence-corrected chi connectivity index (χ0v) is 15.3. The smallest absolute Gasteiger partial charge is 0.247 e. The highest BCUT2D eigenvalue weighted by Crippen LogP contribution is 2.29. The van der Waals surface area contributed by atoms with Gasteiger partial charge in [0.1, 0.15) is 10.7 Å². The minimum atomic E-state index is -3.59. The molecule has 0 aliphatic heterocycles. The Morgan fingerprint density at radius 3 is 2.62 bits per heavy atom. The lowest BCUT2D eigenvalue weighted by Gasteiger charge is -2.19. The molecule has 21 heavy (non-hydrogen) atoms. The zero-order chi connectivity index (χ0) is 16.2. The van der Waals surface area contributed by atoms with Crippen molar-refractivity contribution in [3.05, 3.63) is 28.6 Å². The van der Waals surface area contributed by atoms with Crippen LogP contribution in [-0.4, -0.2) is 31.9 Å². The van der Waals surface area contributed by atoms with Gasteiger partial charge in [-0.2, -0.15) is 4.31 Å². The van der Waals surface area contributed by atoms with E-state index in [2.05, 4.69) is 27.8 Å². The highest BCUT2D eigenvalue weighted by atomic mass is 79.9. The van der Waals surface area contributed by atoms with Gasteiger partial charge in [0.05, 0.1) is 6.54 Å². The maximum absolute atomic E-state index is 12.6. The largest absolute Gasteiger partial charge is 0.452 e. The summed E-state index contributed by atoms with van der Waals surface area (Å²) >= 11 is 3.20. The number of likely N-dealkylation sites (N-methyl/N-ethyl adjacent to an activating group) is 1. The van der Waals surface area contributed by atoms with Crippen LogP contribution in [0.25, 0.3) is 0 Å². The average Bonchev–Trinajstić information content (AvgIpc) is 2.75. The molecule has 0 unspecified atom stereocenters. The number of hydrogen-bond donors (Lipinski definition) is 1. The van der Waals surface area contributed by atoms with Gasteiger partial charge in [0.2, 0.25) is 10.0 Å². The fourth-order valence-corrected chi connectivity index (χ4v) is 4.24. The number of furan rings is 1. The van der Waals surface area contributed by atoms with Gasteiger partial charge in [-0.05, 0) is 22.9 Å². The summed E-state index contributed by atoms with van der Waals surface area (Å²) < 4.78 is 32.4. The monoisotopic (exact) mass is 378 g/mol. The van der Waals surface area contributed by atoms with E-state index in [4.69, 9.17) is 4.42 Å². The molecule has 0 fully saturated rings. The third-order valence-corrected chi connectivity index (χ3v) is 5.59. The minimum absolute atomic E-state index is 0.158. The lowest BCUT2D eigenvalue weighted by atomic mass is 10.3. The molecular weight excluding hydrogens is 356 g/mol. The number of halogens is 1. The van der Waals surface area contributed by atoms with Gasteiger partial charge in [-0.15, -0.1) is 0 Å². The van der Waals surface area contributed by atoms with Crippen LogP contribution in [0.4, 0.5) is 0 Å². The summed E-state index contributed by atoms with van der Waals surface area (Å²) in [7, 11) is -3.59. The third-order valence-electron chi connectivity index (χ3n) is 2.81. The first-order valence-electron chi connectivity index (χ1n) is 6.84. The molecule has 1 aromatic rings. The van der Waals surface area contributed by atoms with Crippen molar-refractivity contribution in [2.24, 2.45) is 0 Å². The fraction of sp³-hybridized carbons (Fsp3) is 0.571. The van der Waals surface area contributed by atoms with Crippen molar-refractivity contribution < 1.29 is 12.8 Å². The lowest BCUT2D eigenvalue weighted by molar-refractivity contribution is 0.438. The molecule has 1 heterocycles. The molecule has 5 nitrogen and oxygen atoms in total. The number of sulfonamides is 1. The molecule has 0 saturated heterocycles. The molecule has 1 rings (SSSR count). The Balaban J connectivity index is 3.04. The van der Waals surface area contributed by atoms with Gasteiger partial charge in [0.25, 0.3) is 0 Å². The summed E-state index contributed by atoms with van der Waals surface area (Å²) in [6, 6.07) is 1.86. The summed E-state index contributed by atoms with van der Waals surface area (Å²) in [4.78, 5) is 0.158. The fourth-order valence-electron chi connectivity index (χ4n) is 1.77. The third kappa shape index (κ3) is 4.95. The van der Waals surface area contributed by atoms with E-state index in [1.807, 2.05) is 13.8 Å². The van der Waals surface area contributed by atoms with Crippen molar-refractivity contribution in [3.63, 3.8) is 0 Å². The Morgan fingerprint density at radius 2 is 2.14 bits per heavy atom. The maximum Gasteiger partial charge on any atom is 0.247 e. The Labute approximate surface area is 135 Å². The van der Waals surface area contributed by atoms with Gasteiger partial charge >= 0.3 is 0 Å². The first-order valence-corrected chi connectivity index (χ1v) is 9.07. The van der Waals surface area contributed by atoms with Crippen molar-refractivity contribution in [1.82, 2.24) is 9.62 Å². The first-order chi connectivity index (χ1) is 9.68. The van der Waals surface area contributed by atoms with E-state index in [-0.39, 0.29) is 9.56 Å².